The quantitative estimate of drug-likeness (QED) is 0.719. The van der Waals surface area contributed by atoms with E-state index in [-0.39, 0.29) is 12.4 Å². The van der Waals surface area contributed by atoms with E-state index in [1.807, 2.05) is 55.1 Å². The highest BCUT2D eigenvalue weighted by molar-refractivity contribution is 5.53. The van der Waals surface area contributed by atoms with Gasteiger partial charge in [0.2, 0.25) is 11.5 Å². The Morgan fingerprint density at radius 3 is 2.81 bits per heavy atom. The van der Waals surface area contributed by atoms with E-state index in [0.29, 0.717) is 18.8 Å². The first kappa shape index (κ1) is 16.9. The Bertz CT molecular complexity index is 890. The molecular formula is C19H22FN5O. The van der Waals surface area contributed by atoms with E-state index < -0.39 is 5.67 Å². The maximum absolute atomic E-state index is 15.6. The first-order valence-corrected chi connectivity index (χ1v) is 8.84. The van der Waals surface area contributed by atoms with Gasteiger partial charge in [0.25, 0.3) is 5.89 Å². The van der Waals surface area contributed by atoms with E-state index in [9.17, 15) is 0 Å². The lowest BCUT2D eigenvalue weighted by atomic mass is 9.94. The number of rotatable bonds is 4. The van der Waals surface area contributed by atoms with Gasteiger partial charge in [-0.25, -0.2) is 4.39 Å². The Labute approximate surface area is 151 Å². The van der Waals surface area contributed by atoms with Crippen molar-refractivity contribution < 1.29 is 8.91 Å². The van der Waals surface area contributed by atoms with Crippen LogP contribution in [-0.4, -0.2) is 37.9 Å². The summed E-state index contributed by atoms with van der Waals surface area (Å²) in [6.45, 7) is 3.70. The van der Waals surface area contributed by atoms with Crippen LogP contribution in [0.25, 0.3) is 11.4 Å². The molecule has 1 atom stereocenters. The van der Waals surface area contributed by atoms with Crippen LogP contribution in [0.5, 0.6) is 0 Å². The van der Waals surface area contributed by atoms with Crippen LogP contribution in [0.4, 0.5) is 4.39 Å². The molecule has 3 heterocycles. The first-order valence-electron chi connectivity index (χ1n) is 8.84. The van der Waals surface area contributed by atoms with Crippen LogP contribution < -0.4 is 0 Å². The number of hydrogen-bond acceptors (Lipinski definition) is 5. The highest BCUT2D eigenvalue weighted by atomic mass is 19.1. The minimum Gasteiger partial charge on any atom is -0.335 e. The number of piperidine rings is 1. The van der Waals surface area contributed by atoms with Gasteiger partial charge in [-0.15, -0.1) is 0 Å². The van der Waals surface area contributed by atoms with Gasteiger partial charge in [0.1, 0.15) is 0 Å². The van der Waals surface area contributed by atoms with Crippen molar-refractivity contribution in [1.82, 2.24) is 24.8 Å². The monoisotopic (exact) mass is 355 g/mol. The molecule has 1 saturated heterocycles. The van der Waals surface area contributed by atoms with E-state index in [1.165, 1.54) is 0 Å². The molecule has 6 nitrogen and oxygen atoms in total. The van der Waals surface area contributed by atoms with Crippen LogP contribution in [0.15, 0.2) is 40.9 Å². The van der Waals surface area contributed by atoms with E-state index in [2.05, 4.69) is 20.1 Å². The van der Waals surface area contributed by atoms with Crippen molar-refractivity contribution in [2.75, 3.05) is 13.1 Å². The number of hydrogen-bond donors (Lipinski definition) is 0. The zero-order valence-corrected chi connectivity index (χ0v) is 15.0. The third kappa shape index (κ3) is 3.26. The number of aryl methyl sites for hydroxylation is 2. The van der Waals surface area contributed by atoms with Crippen LogP contribution >= 0.6 is 0 Å². The highest BCUT2D eigenvalue weighted by Crippen LogP contribution is 2.36. The maximum atomic E-state index is 15.6. The maximum Gasteiger partial charge on any atom is 0.265 e. The van der Waals surface area contributed by atoms with Crippen LogP contribution in [0.2, 0.25) is 0 Å². The van der Waals surface area contributed by atoms with Crippen molar-refractivity contribution in [3.8, 4) is 11.4 Å². The molecule has 2 aromatic heterocycles. The normalized spacial score (nSPS) is 21.2. The second-order valence-corrected chi connectivity index (χ2v) is 6.97. The molecular weight excluding hydrogens is 333 g/mol. The third-order valence-corrected chi connectivity index (χ3v) is 4.85. The van der Waals surface area contributed by atoms with Gasteiger partial charge < -0.3 is 4.52 Å². The lowest BCUT2D eigenvalue weighted by molar-refractivity contribution is 0.0115. The Morgan fingerprint density at radius 2 is 2.08 bits per heavy atom. The zero-order chi connectivity index (χ0) is 18.1. The van der Waals surface area contributed by atoms with Gasteiger partial charge >= 0.3 is 0 Å². The summed E-state index contributed by atoms with van der Waals surface area (Å²) in [5, 5.41) is 8.34. The van der Waals surface area contributed by atoms with Crippen molar-refractivity contribution in [2.45, 2.75) is 32.0 Å². The molecule has 0 radical (unpaired) electrons. The van der Waals surface area contributed by atoms with Gasteiger partial charge in [-0.3, -0.25) is 9.58 Å². The van der Waals surface area contributed by atoms with Gasteiger partial charge in [0, 0.05) is 25.7 Å². The molecule has 1 aliphatic heterocycles. The molecule has 0 bridgehead atoms. The van der Waals surface area contributed by atoms with Crippen molar-refractivity contribution in [1.29, 1.82) is 0 Å². The topological polar surface area (TPSA) is 60.0 Å². The van der Waals surface area contributed by atoms with Crippen LogP contribution in [0.1, 0.15) is 30.1 Å². The van der Waals surface area contributed by atoms with Crippen molar-refractivity contribution in [3.63, 3.8) is 0 Å². The summed E-state index contributed by atoms with van der Waals surface area (Å²) in [5.74, 6) is 0.499. The van der Waals surface area contributed by atoms with E-state index >= 15 is 4.39 Å². The Hall–Kier alpha value is -2.54. The molecule has 0 saturated carbocycles. The fourth-order valence-corrected chi connectivity index (χ4v) is 3.56. The largest absolute Gasteiger partial charge is 0.335 e. The summed E-state index contributed by atoms with van der Waals surface area (Å²) in [6, 6.07) is 11.5. The van der Waals surface area contributed by atoms with Gasteiger partial charge in [-0.05, 0) is 32.4 Å². The predicted octanol–water partition coefficient (Wildman–Crippen LogP) is 3.24. The third-order valence-electron chi connectivity index (χ3n) is 4.85. The van der Waals surface area contributed by atoms with Crippen molar-refractivity contribution in [2.24, 2.45) is 7.05 Å². The summed E-state index contributed by atoms with van der Waals surface area (Å²) in [5.41, 5.74) is 1.24. The molecule has 0 aliphatic carbocycles. The van der Waals surface area contributed by atoms with Gasteiger partial charge in [0.05, 0.1) is 11.4 Å². The fraction of sp³-hybridized carbons (Fsp3) is 0.421. The molecule has 0 spiro atoms. The molecule has 1 unspecified atom stereocenters. The summed E-state index contributed by atoms with van der Waals surface area (Å²) in [6.07, 6.45) is 1.14. The molecule has 0 amide bonds. The lowest BCUT2D eigenvalue weighted by Crippen LogP contribution is -2.43. The zero-order valence-electron chi connectivity index (χ0n) is 15.0. The number of alkyl halides is 1. The smallest absolute Gasteiger partial charge is 0.265 e. The number of aromatic nitrogens is 4. The van der Waals surface area contributed by atoms with Gasteiger partial charge in [0.15, 0.2) is 0 Å². The average molecular weight is 355 g/mol. The SMILES string of the molecule is Cc1cc(CN2CCCC(F)(c3nc(-c4ccccc4)no3)C2)n(C)n1. The molecule has 1 aliphatic rings. The fourth-order valence-electron chi connectivity index (χ4n) is 3.56. The first-order chi connectivity index (χ1) is 12.5. The number of halogens is 1. The predicted molar refractivity (Wildman–Crippen MR) is 95.0 cm³/mol. The summed E-state index contributed by atoms with van der Waals surface area (Å²) in [4.78, 5) is 6.43. The molecule has 1 aromatic carbocycles. The second kappa shape index (κ2) is 6.64. The van der Waals surface area contributed by atoms with E-state index in [4.69, 9.17) is 4.52 Å². The van der Waals surface area contributed by atoms with Gasteiger partial charge in [-0.1, -0.05) is 35.5 Å². The molecule has 26 heavy (non-hydrogen) atoms. The molecule has 7 heteroatoms. The Morgan fingerprint density at radius 1 is 1.27 bits per heavy atom. The standard InChI is InChI=1S/C19H22FN5O/c1-14-11-16(24(2)22-14)12-25-10-6-9-19(20,13-25)18-21-17(23-26-18)15-7-4-3-5-8-15/h3-5,7-8,11H,6,9-10,12-13H2,1-2H3. The second-order valence-electron chi connectivity index (χ2n) is 6.97. The Kier molecular flexibility index (Phi) is 4.32. The summed E-state index contributed by atoms with van der Waals surface area (Å²) in [7, 11) is 1.92. The Balaban J connectivity index is 1.52. The highest BCUT2D eigenvalue weighted by Gasteiger charge is 2.42. The molecule has 3 aromatic rings. The van der Waals surface area contributed by atoms with Crippen LogP contribution in [0.3, 0.4) is 0 Å². The van der Waals surface area contributed by atoms with Crippen molar-refractivity contribution >= 4 is 0 Å². The molecule has 0 N–H and O–H groups in total. The molecule has 136 valence electrons. The van der Waals surface area contributed by atoms with Gasteiger partial charge in [-0.2, -0.15) is 10.1 Å². The number of likely N-dealkylation sites (tertiary alicyclic amines) is 1. The lowest BCUT2D eigenvalue weighted by Gasteiger charge is -2.34. The van der Waals surface area contributed by atoms with E-state index in [0.717, 1.165) is 29.9 Å². The van der Waals surface area contributed by atoms with Crippen LogP contribution in [-0.2, 0) is 19.3 Å². The number of nitrogens with zero attached hydrogens (tertiary/aromatic N) is 5. The van der Waals surface area contributed by atoms with Crippen molar-refractivity contribution in [3.05, 3.63) is 53.7 Å². The minimum atomic E-state index is -1.62. The molecule has 1 fully saturated rings. The summed E-state index contributed by atoms with van der Waals surface area (Å²) < 4.78 is 22.8. The minimum absolute atomic E-state index is 0.0715. The van der Waals surface area contributed by atoms with E-state index in [1.54, 1.807) is 0 Å². The van der Waals surface area contributed by atoms with Crippen LogP contribution in [0, 0.1) is 6.92 Å². The average Bonchev–Trinajstić information content (AvgIpc) is 3.23. The summed E-state index contributed by atoms with van der Waals surface area (Å²) >= 11 is 0. The number of benzene rings is 1. The molecule has 4 rings (SSSR count).